The lowest BCUT2D eigenvalue weighted by Gasteiger charge is -2.04. The Bertz CT molecular complexity index is 584. The van der Waals surface area contributed by atoms with Gasteiger partial charge >= 0.3 is 0 Å². The third-order valence-corrected chi connectivity index (χ3v) is 2.71. The Morgan fingerprint density at radius 3 is 2.56 bits per heavy atom. The zero-order valence-corrected chi connectivity index (χ0v) is 10.1. The van der Waals surface area contributed by atoms with E-state index in [9.17, 15) is 9.18 Å². The van der Waals surface area contributed by atoms with Crippen LogP contribution in [-0.2, 0) is 6.42 Å². The van der Waals surface area contributed by atoms with Crippen LogP contribution in [0.3, 0.4) is 0 Å². The quantitative estimate of drug-likeness (QED) is 0.868. The number of nitrogens with zero attached hydrogens (tertiary/aromatic N) is 1. The molecule has 0 saturated heterocycles. The summed E-state index contributed by atoms with van der Waals surface area (Å²) in [6, 6.07) is 8.76. The van der Waals surface area contributed by atoms with Gasteiger partial charge in [-0.2, -0.15) is 0 Å². The van der Waals surface area contributed by atoms with Gasteiger partial charge in [0.2, 0.25) is 0 Å². The zero-order chi connectivity index (χ0) is 13.1. The Balaban J connectivity index is 2.21. The van der Waals surface area contributed by atoms with E-state index < -0.39 is 0 Å². The second kappa shape index (κ2) is 5.14. The van der Waals surface area contributed by atoms with Crippen molar-refractivity contribution in [3.8, 4) is 0 Å². The maximum Gasteiger partial charge on any atom is 0.187 e. The number of Topliss-reactive ketones (excluding diaryl/α,β-unsaturated/α-hetero) is 1. The van der Waals surface area contributed by atoms with Crippen LogP contribution >= 0.6 is 11.6 Å². The molecule has 1 aromatic carbocycles. The summed E-state index contributed by atoms with van der Waals surface area (Å²) < 4.78 is 12.7. The number of aromatic nitrogens is 1. The second-order valence-electron chi connectivity index (χ2n) is 3.79. The molecule has 2 rings (SSSR count). The molecule has 3 nitrogen and oxygen atoms in total. The molecule has 18 heavy (non-hydrogen) atoms. The molecule has 0 aliphatic heterocycles. The molecule has 92 valence electrons. The van der Waals surface area contributed by atoms with Crippen molar-refractivity contribution in [3.05, 3.63) is 58.5 Å². The minimum absolute atomic E-state index is 0.108. The van der Waals surface area contributed by atoms with Gasteiger partial charge < -0.3 is 5.73 Å². The van der Waals surface area contributed by atoms with E-state index in [0.29, 0.717) is 5.56 Å². The molecule has 0 unspecified atom stereocenters. The fourth-order valence-electron chi connectivity index (χ4n) is 1.52. The highest BCUT2D eigenvalue weighted by molar-refractivity contribution is 6.33. The van der Waals surface area contributed by atoms with Crippen LogP contribution in [0.15, 0.2) is 36.4 Å². The number of hydrogen-bond donors (Lipinski definition) is 1. The lowest BCUT2D eigenvalue weighted by molar-refractivity contribution is 0.0988. The molecule has 0 aliphatic carbocycles. The van der Waals surface area contributed by atoms with Gasteiger partial charge in [-0.3, -0.25) is 4.79 Å². The number of hydrogen-bond acceptors (Lipinski definition) is 3. The van der Waals surface area contributed by atoms with Crippen molar-refractivity contribution in [1.82, 2.24) is 4.98 Å². The second-order valence-corrected chi connectivity index (χ2v) is 4.20. The van der Waals surface area contributed by atoms with E-state index in [1.807, 2.05) is 0 Å². The Labute approximate surface area is 108 Å². The average molecular weight is 265 g/mol. The molecule has 0 atom stereocenters. The van der Waals surface area contributed by atoms with Crippen molar-refractivity contribution >= 4 is 23.2 Å². The number of nitrogens with two attached hydrogens (primary N) is 1. The summed E-state index contributed by atoms with van der Waals surface area (Å²) in [5.41, 5.74) is 6.34. The van der Waals surface area contributed by atoms with Gasteiger partial charge in [0.15, 0.2) is 5.78 Å². The first-order valence-electron chi connectivity index (χ1n) is 5.26. The van der Waals surface area contributed by atoms with Gasteiger partial charge in [0.05, 0.1) is 5.02 Å². The van der Waals surface area contributed by atoms with Crippen molar-refractivity contribution in [3.63, 3.8) is 0 Å². The van der Waals surface area contributed by atoms with E-state index in [1.165, 1.54) is 24.3 Å². The van der Waals surface area contributed by atoms with E-state index in [4.69, 9.17) is 17.3 Å². The topological polar surface area (TPSA) is 56.0 Å². The van der Waals surface area contributed by atoms with Crippen molar-refractivity contribution in [2.24, 2.45) is 0 Å². The fraction of sp³-hybridized carbons (Fsp3) is 0.0769. The number of rotatable bonds is 3. The number of anilines is 1. The number of nitrogen functional groups attached to an aromatic ring is 1. The van der Waals surface area contributed by atoms with Crippen LogP contribution < -0.4 is 5.73 Å². The third kappa shape index (κ3) is 2.84. The minimum Gasteiger partial charge on any atom is -0.384 e. The summed E-state index contributed by atoms with van der Waals surface area (Å²) in [6.07, 6.45) is 0.108. The molecule has 0 bridgehead atoms. The van der Waals surface area contributed by atoms with E-state index in [2.05, 4.69) is 4.98 Å². The van der Waals surface area contributed by atoms with Gasteiger partial charge in [0.1, 0.15) is 17.3 Å². The highest BCUT2D eigenvalue weighted by Gasteiger charge is 2.13. The molecule has 0 fully saturated rings. The maximum absolute atomic E-state index is 12.7. The molecule has 0 aliphatic rings. The molecule has 5 heteroatoms. The van der Waals surface area contributed by atoms with E-state index in [0.717, 1.165) is 0 Å². The van der Waals surface area contributed by atoms with E-state index in [1.54, 1.807) is 12.1 Å². The number of pyridine rings is 1. The van der Waals surface area contributed by atoms with Crippen LogP contribution in [0.4, 0.5) is 10.2 Å². The van der Waals surface area contributed by atoms with Crippen molar-refractivity contribution in [2.75, 3.05) is 5.73 Å². The summed E-state index contributed by atoms with van der Waals surface area (Å²) in [5, 5.41) is 0.260. The zero-order valence-electron chi connectivity index (χ0n) is 9.36. The smallest absolute Gasteiger partial charge is 0.187 e. The number of ketones is 1. The highest BCUT2D eigenvalue weighted by atomic mass is 35.5. The van der Waals surface area contributed by atoms with Crippen LogP contribution in [0.2, 0.25) is 5.02 Å². The summed E-state index contributed by atoms with van der Waals surface area (Å²) in [4.78, 5) is 15.9. The first-order valence-corrected chi connectivity index (χ1v) is 5.64. The summed E-state index contributed by atoms with van der Waals surface area (Å²) in [6.45, 7) is 0. The van der Waals surface area contributed by atoms with Gasteiger partial charge in [-0.25, -0.2) is 9.37 Å². The van der Waals surface area contributed by atoms with Crippen LogP contribution in [0.1, 0.15) is 16.1 Å². The Hall–Kier alpha value is -1.94. The molecule has 0 saturated carbocycles. The lowest BCUT2D eigenvalue weighted by Crippen LogP contribution is -2.08. The summed E-state index contributed by atoms with van der Waals surface area (Å²) in [7, 11) is 0. The Morgan fingerprint density at radius 2 is 1.89 bits per heavy atom. The number of halogens is 2. The monoisotopic (exact) mass is 264 g/mol. The van der Waals surface area contributed by atoms with Gasteiger partial charge in [0.25, 0.3) is 0 Å². The Morgan fingerprint density at radius 1 is 1.22 bits per heavy atom. The summed E-state index contributed by atoms with van der Waals surface area (Å²) >= 11 is 5.88. The van der Waals surface area contributed by atoms with Gasteiger partial charge in [-0.1, -0.05) is 23.7 Å². The third-order valence-electron chi connectivity index (χ3n) is 2.41. The SMILES string of the molecule is Nc1ccc(Cl)c(C(=O)Cc2ccc(F)cc2)n1. The average Bonchev–Trinajstić information content (AvgIpc) is 2.35. The molecule has 1 aromatic heterocycles. The minimum atomic E-state index is -0.341. The lowest BCUT2D eigenvalue weighted by atomic mass is 10.1. The molecule has 0 amide bonds. The van der Waals surface area contributed by atoms with Crippen LogP contribution in [0.5, 0.6) is 0 Å². The number of benzene rings is 1. The molecular formula is C13H10ClFN2O. The maximum atomic E-state index is 12.7. The largest absolute Gasteiger partial charge is 0.384 e. The number of carbonyl (C=O) groups excluding carboxylic acids is 1. The normalized spacial score (nSPS) is 10.3. The van der Waals surface area contributed by atoms with Crippen LogP contribution in [-0.4, -0.2) is 10.8 Å². The van der Waals surface area contributed by atoms with E-state index >= 15 is 0 Å². The predicted molar refractivity (Wildman–Crippen MR) is 68.1 cm³/mol. The highest BCUT2D eigenvalue weighted by Crippen LogP contribution is 2.17. The number of carbonyl (C=O) groups is 1. The van der Waals surface area contributed by atoms with Gasteiger partial charge in [0, 0.05) is 6.42 Å². The molecular weight excluding hydrogens is 255 g/mol. The predicted octanol–water partition coefficient (Wildman–Crippen LogP) is 2.88. The van der Waals surface area contributed by atoms with Crippen molar-refractivity contribution in [1.29, 1.82) is 0 Å². The van der Waals surface area contributed by atoms with Gasteiger partial charge in [-0.15, -0.1) is 0 Å². The first-order chi connectivity index (χ1) is 8.56. The molecule has 2 N–H and O–H groups in total. The van der Waals surface area contributed by atoms with E-state index in [-0.39, 0.29) is 34.6 Å². The standard InChI is InChI=1S/C13H10ClFN2O/c14-10-5-6-12(16)17-13(10)11(18)7-8-1-3-9(15)4-2-8/h1-6H,7H2,(H2,16,17). The van der Waals surface area contributed by atoms with Crippen molar-refractivity contribution in [2.45, 2.75) is 6.42 Å². The summed E-state index contributed by atoms with van der Waals surface area (Å²) in [5.74, 6) is -0.355. The fourth-order valence-corrected chi connectivity index (χ4v) is 1.73. The van der Waals surface area contributed by atoms with Gasteiger partial charge in [-0.05, 0) is 29.8 Å². The molecule has 0 radical (unpaired) electrons. The molecule has 0 spiro atoms. The first kappa shape index (κ1) is 12.5. The van der Waals surface area contributed by atoms with Crippen LogP contribution in [0, 0.1) is 5.82 Å². The molecule has 2 aromatic rings. The van der Waals surface area contributed by atoms with Crippen molar-refractivity contribution < 1.29 is 9.18 Å². The Kier molecular flexibility index (Phi) is 3.58. The molecule has 1 heterocycles. The van der Waals surface area contributed by atoms with Crippen LogP contribution in [0.25, 0.3) is 0 Å².